The number of amides is 1. The van der Waals surface area contributed by atoms with Crippen molar-refractivity contribution in [3.8, 4) is 17.5 Å². The molecule has 1 saturated carbocycles. The summed E-state index contributed by atoms with van der Waals surface area (Å²) in [5.41, 5.74) is -1.79. The van der Waals surface area contributed by atoms with E-state index >= 15 is 0 Å². The van der Waals surface area contributed by atoms with Crippen molar-refractivity contribution in [2.45, 2.75) is 50.3 Å². The van der Waals surface area contributed by atoms with E-state index in [2.05, 4.69) is 20.5 Å². The standard InChI is InChI=1S/C24H24F3N5O4S/c1-13-20(22(33)30-15-6-4-9-17(12-15)37(3,28)34)23(32-31-21(13)24(25,26)27)36-18-10-11-19(29-14(18)2)35-16-7-5-8-16/h4,6,9-12,16,28H,5,7-8H2,1-3H3,(H,30,33)/t37-/m0/s1. The first-order valence-electron chi connectivity index (χ1n) is 11.2. The Morgan fingerprint density at radius 1 is 1.16 bits per heavy atom. The Hall–Kier alpha value is -3.74. The summed E-state index contributed by atoms with van der Waals surface area (Å²) in [7, 11) is -3.09. The minimum atomic E-state index is -4.86. The first kappa shape index (κ1) is 26.3. The average molecular weight is 536 g/mol. The number of nitrogens with zero attached hydrogens (tertiary/aromatic N) is 3. The van der Waals surface area contributed by atoms with Gasteiger partial charge in [-0.25, -0.2) is 14.0 Å². The van der Waals surface area contributed by atoms with Crippen LogP contribution in [-0.2, 0) is 15.9 Å². The molecule has 0 radical (unpaired) electrons. The Morgan fingerprint density at radius 2 is 1.89 bits per heavy atom. The largest absolute Gasteiger partial charge is 0.474 e. The number of aromatic nitrogens is 3. The molecule has 0 saturated heterocycles. The van der Waals surface area contributed by atoms with E-state index in [1.165, 1.54) is 36.6 Å². The van der Waals surface area contributed by atoms with E-state index in [1.54, 1.807) is 13.0 Å². The molecule has 2 aromatic heterocycles. The number of pyridine rings is 1. The van der Waals surface area contributed by atoms with Crippen molar-refractivity contribution in [3.05, 3.63) is 58.9 Å². The van der Waals surface area contributed by atoms with Crippen LogP contribution >= 0.6 is 0 Å². The molecule has 0 bridgehead atoms. The third-order valence-corrected chi connectivity index (χ3v) is 6.93. The smallest absolute Gasteiger partial charge is 0.435 e. The van der Waals surface area contributed by atoms with Gasteiger partial charge in [0, 0.05) is 22.9 Å². The van der Waals surface area contributed by atoms with Gasteiger partial charge in [0.25, 0.3) is 11.8 Å². The zero-order valence-electron chi connectivity index (χ0n) is 20.2. The molecule has 1 amide bonds. The van der Waals surface area contributed by atoms with Crippen LogP contribution in [0.5, 0.6) is 17.5 Å². The predicted octanol–water partition coefficient (Wildman–Crippen LogP) is 5.52. The molecular weight excluding hydrogens is 511 g/mol. The van der Waals surface area contributed by atoms with Gasteiger partial charge >= 0.3 is 6.18 Å². The van der Waals surface area contributed by atoms with Crippen LogP contribution in [0.1, 0.15) is 46.6 Å². The fraction of sp³-hybridized carbons (Fsp3) is 0.333. The van der Waals surface area contributed by atoms with Gasteiger partial charge in [0.15, 0.2) is 11.4 Å². The number of halogens is 3. The molecule has 1 aromatic carbocycles. The molecule has 13 heteroatoms. The van der Waals surface area contributed by atoms with Crippen LogP contribution < -0.4 is 14.8 Å². The van der Waals surface area contributed by atoms with Gasteiger partial charge in [-0.05, 0) is 62.9 Å². The van der Waals surface area contributed by atoms with Gasteiger partial charge in [0.05, 0.1) is 15.4 Å². The Bertz CT molecular complexity index is 1460. The van der Waals surface area contributed by atoms with Crippen LogP contribution in [0.25, 0.3) is 0 Å². The summed E-state index contributed by atoms with van der Waals surface area (Å²) in [6, 6.07) is 8.80. The van der Waals surface area contributed by atoms with E-state index in [-0.39, 0.29) is 22.4 Å². The lowest BCUT2D eigenvalue weighted by atomic mass is 9.96. The summed E-state index contributed by atoms with van der Waals surface area (Å²) >= 11 is 0. The number of hydrogen-bond acceptors (Lipinski definition) is 8. The predicted molar refractivity (Wildman–Crippen MR) is 129 cm³/mol. The highest BCUT2D eigenvalue weighted by atomic mass is 32.2. The molecule has 4 rings (SSSR count). The third-order valence-electron chi connectivity index (χ3n) is 5.78. The van der Waals surface area contributed by atoms with Gasteiger partial charge in [0.2, 0.25) is 5.88 Å². The van der Waals surface area contributed by atoms with Crippen molar-refractivity contribution in [2.75, 3.05) is 11.6 Å². The second-order valence-electron chi connectivity index (χ2n) is 8.68. The normalized spacial score (nSPS) is 15.4. The van der Waals surface area contributed by atoms with Crippen molar-refractivity contribution in [3.63, 3.8) is 0 Å². The summed E-state index contributed by atoms with van der Waals surface area (Å²) in [6.07, 6.45) is -0.568. The quantitative estimate of drug-likeness (QED) is 0.408. The van der Waals surface area contributed by atoms with Crippen LogP contribution in [-0.4, -0.2) is 37.7 Å². The van der Waals surface area contributed by atoms with Crippen molar-refractivity contribution in [2.24, 2.45) is 0 Å². The van der Waals surface area contributed by atoms with E-state index in [1.807, 2.05) is 0 Å². The molecule has 3 aromatic rings. The number of anilines is 1. The summed E-state index contributed by atoms with van der Waals surface area (Å²) in [6.45, 7) is 2.72. The van der Waals surface area contributed by atoms with Crippen LogP contribution in [0, 0.1) is 18.6 Å². The number of nitrogens with one attached hydrogen (secondary N) is 2. The van der Waals surface area contributed by atoms with Crippen LogP contribution in [0.2, 0.25) is 0 Å². The van der Waals surface area contributed by atoms with E-state index < -0.39 is 44.5 Å². The van der Waals surface area contributed by atoms with E-state index in [4.69, 9.17) is 14.3 Å². The number of carbonyl (C=O) groups excluding carboxylic acids is 1. The molecule has 9 nitrogen and oxygen atoms in total. The van der Waals surface area contributed by atoms with Gasteiger partial charge in [-0.2, -0.15) is 13.2 Å². The lowest BCUT2D eigenvalue weighted by Gasteiger charge is -2.25. The zero-order valence-corrected chi connectivity index (χ0v) is 21.0. The molecular formula is C24H24F3N5O4S. The first-order chi connectivity index (χ1) is 17.3. The van der Waals surface area contributed by atoms with E-state index in [0.717, 1.165) is 26.2 Å². The van der Waals surface area contributed by atoms with Gasteiger partial charge < -0.3 is 14.8 Å². The summed E-state index contributed by atoms with van der Waals surface area (Å²) in [5, 5.41) is 9.30. The highest BCUT2D eigenvalue weighted by molar-refractivity contribution is 7.91. The fourth-order valence-corrected chi connectivity index (χ4v) is 4.27. The number of aryl methyl sites for hydroxylation is 1. The Balaban J connectivity index is 1.69. The monoisotopic (exact) mass is 535 g/mol. The zero-order chi connectivity index (χ0) is 27.0. The highest BCUT2D eigenvalue weighted by Gasteiger charge is 2.38. The Morgan fingerprint density at radius 3 is 2.49 bits per heavy atom. The number of alkyl halides is 3. The van der Waals surface area contributed by atoms with E-state index in [0.29, 0.717) is 11.6 Å². The lowest BCUT2D eigenvalue weighted by Crippen LogP contribution is -2.25. The van der Waals surface area contributed by atoms with Gasteiger partial charge in [-0.15, -0.1) is 10.2 Å². The molecule has 0 aliphatic heterocycles. The number of benzene rings is 1. The maximum absolute atomic E-state index is 13.6. The lowest BCUT2D eigenvalue weighted by molar-refractivity contribution is -0.142. The number of rotatable bonds is 7. The molecule has 196 valence electrons. The Kier molecular flexibility index (Phi) is 7.09. The maximum atomic E-state index is 13.6. The third kappa shape index (κ3) is 5.98. The number of ether oxygens (including phenoxy) is 2. The molecule has 1 aliphatic carbocycles. The number of hydrogen-bond donors (Lipinski definition) is 2. The number of carbonyl (C=O) groups is 1. The fourth-order valence-electron chi connectivity index (χ4n) is 3.58. The van der Waals surface area contributed by atoms with Gasteiger partial charge in [-0.1, -0.05) is 6.07 Å². The minimum Gasteiger partial charge on any atom is -0.474 e. The molecule has 0 unspecified atom stereocenters. The molecule has 1 atom stereocenters. The molecule has 1 fully saturated rings. The second-order valence-corrected chi connectivity index (χ2v) is 10.8. The molecule has 1 aliphatic rings. The van der Waals surface area contributed by atoms with Gasteiger partial charge in [-0.3, -0.25) is 4.79 Å². The van der Waals surface area contributed by atoms with Crippen LogP contribution in [0.4, 0.5) is 18.9 Å². The molecule has 2 heterocycles. The average Bonchev–Trinajstić information content (AvgIpc) is 2.76. The van der Waals surface area contributed by atoms with Gasteiger partial charge in [0.1, 0.15) is 11.7 Å². The summed E-state index contributed by atoms with van der Waals surface area (Å²) in [4.78, 5) is 17.7. The van der Waals surface area contributed by atoms with Crippen LogP contribution in [0.3, 0.4) is 0 Å². The SMILES string of the molecule is Cc1nc(OC2CCC2)ccc1Oc1nnc(C(F)(F)F)c(C)c1C(=O)Nc1cccc([S@@](C)(=N)=O)c1. The van der Waals surface area contributed by atoms with Crippen molar-refractivity contribution in [1.82, 2.24) is 15.2 Å². The maximum Gasteiger partial charge on any atom is 0.435 e. The highest BCUT2D eigenvalue weighted by Crippen LogP contribution is 2.36. The van der Waals surface area contributed by atoms with Crippen molar-refractivity contribution < 1.29 is 31.6 Å². The first-order valence-corrected chi connectivity index (χ1v) is 13.2. The van der Waals surface area contributed by atoms with Crippen LogP contribution in [0.15, 0.2) is 41.3 Å². The Labute approximate surface area is 211 Å². The van der Waals surface area contributed by atoms with E-state index in [9.17, 15) is 22.2 Å². The second kappa shape index (κ2) is 9.96. The minimum absolute atomic E-state index is 0.104. The summed E-state index contributed by atoms with van der Waals surface area (Å²) < 4.78 is 72.0. The molecule has 0 spiro atoms. The van der Waals surface area contributed by atoms with Crippen molar-refractivity contribution >= 4 is 21.3 Å². The topological polar surface area (TPSA) is 127 Å². The summed E-state index contributed by atoms with van der Waals surface area (Å²) in [5.74, 6) is -0.848. The molecule has 37 heavy (non-hydrogen) atoms. The van der Waals surface area contributed by atoms with Crippen molar-refractivity contribution in [1.29, 1.82) is 4.78 Å². The molecule has 2 N–H and O–H groups in total.